The lowest BCUT2D eigenvalue weighted by Gasteiger charge is -2.32. The Kier molecular flexibility index (Phi) is 2.84. The van der Waals surface area contributed by atoms with Crippen molar-refractivity contribution in [3.05, 3.63) is 29.1 Å². The molecule has 1 aromatic carbocycles. The Balaban J connectivity index is 2.59. The molecular formula is C13H14FNO3. The van der Waals surface area contributed by atoms with Crippen molar-refractivity contribution in [2.24, 2.45) is 0 Å². The molecule has 2 rings (SSSR count). The van der Waals surface area contributed by atoms with E-state index in [0.29, 0.717) is 11.3 Å². The van der Waals surface area contributed by atoms with E-state index in [2.05, 4.69) is 10.1 Å². The van der Waals surface area contributed by atoms with Crippen molar-refractivity contribution in [3.8, 4) is 0 Å². The number of carbonyl (C=O) groups excluding carboxylic acids is 2. The summed E-state index contributed by atoms with van der Waals surface area (Å²) in [4.78, 5) is 22.9. The quantitative estimate of drug-likeness (QED) is 0.779. The second kappa shape index (κ2) is 4.08. The zero-order chi connectivity index (χ0) is 13.5. The van der Waals surface area contributed by atoms with Gasteiger partial charge in [-0.2, -0.15) is 0 Å². The van der Waals surface area contributed by atoms with E-state index < -0.39 is 17.2 Å². The third kappa shape index (κ3) is 1.96. The molecule has 5 heteroatoms. The number of rotatable bonds is 1. The Hall–Kier alpha value is -1.91. The second-order valence-electron chi connectivity index (χ2n) is 4.98. The van der Waals surface area contributed by atoms with Gasteiger partial charge in [0.05, 0.1) is 12.7 Å². The summed E-state index contributed by atoms with van der Waals surface area (Å²) in [6, 6.07) is 2.62. The van der Waals surface area contributed by atoms with Crippen LogP contribution in [0.15, 0.2) is 12.1 Å². The van der Waals surface area contributed by atoms with Gasteiger partial charge in [0.1, 0.15) is 5.82 Å². The first-order chi connectivity index (χ1) is 8.35. The predicted octanol–water partition coefficient (Wildman–Crippen LogP) is 2.23. The molecule has 1 amide bonds. The average molecular weight is 251 g/mol. The molecule has 1 heterocycles. The van der Waals surface area contributed by atoms with Crippen LogP contribution in [0.3, 0.4) is 0 Å². The van der Waals surface area contributed by atoms with Gasteiger partial charge in [0.15, 0.2) is 0 Å². The van der Waals surface area contributed by atoms with Crippen LogP contribution in [0.5, 0.6) is 0 Å². The maximum Gasteiger partial charge on any atom is 0.340 e. The fraction of sp³-hybridized carbons (Fsp3) is 0.385. The molecule has 1 aromatic rings. The summed E-state index contributed by atoms with van der Waals surface area (Å²) in [5.74, 6) is -1.53. The summed E-state index contributed by atoms with van der Waals surface area (Å²) in [6.07, 6.45) is 0.289. The zero-order valence-electron chi connectivity index (χ0n) is 10.5. The largest absolute Gasteiger partial charge is 0.465 e. The van der Waals surface area contributed by atoms with Gasteiger partial charge in [0.25, 0.3) is 0 Å². The highest BCUT2D eigenvalue weighted by atomic mass is 19.1. The average Bonchev–Trinajstić information content (AvgIpc) is 2.27. The highest BCUT2D eigenvalue weighted by Gasteiger charge is 2.33. The van der Waals surface area contributed by atoms with Gasteiger partial charge < -0.3 is 10.1 Å². The lowest BCUT2D eigenvalue weighted by molar-refractivity contribution is -0.117. The molecule has 0 spiro atoms. The molecule has 0 bridgehead atoms. The van der Waals surface area contributed by atoms with Gasteiger partial charge in [-0.15, -0.1) is 0 Å². The van der Waals surface area contributed by atoms with Crippen LogP contribution < -0.4 is 5.32 Å². The number of hydrogen-bond donors (Lipinski definition) is 1. The Labute approximate surface area is 104 Å². The molecule has 0 atom stereocenters. The van der Waals surface area contributed by atoms with Gasteiger partial charge in [-0.1, -0.05) is 13.8 Å². The number of nitrogens with one attached hydrogen (secondary N) is 1. The van der Waals surface area contributed by atoms with Crippen LogP contribution >= 0.6 is 0 Å². The van der Waals surface area contributed by atoms with E-state index in [-0.39, 0.29) is 17.9 Å². The van der Waals surface area contributed by atoms with Crippen molar-refractivity contribution in [2.45, 2.75) is 25.7 Å². The molecule has 18 heavy (non-hydrogen) atoms. The van der Waals surface area contributed by atoms with E-state index in [4.69, 9.17) is 0 Å². The molecule has 0 saturated heterocycles. The first-order valence-corrected chi connectivity index (χ1v) is 5.57. The minimum absolute atomic E-state index is 0.144. The van der Waals surface area contributed by atoms with E-state index in [1.807, 2.05) is 13.8 Å². The van der Waals surface area contributed by atoms with Crippen molar-refractivity contribution >= 4 is 17.6 Å². The Morgan fingerprint density at radius 1 is 1.44 bits per heavy atom. The van der Waals surface area contributed by atoms with Gasteiger partial charge in [0.2, 0.25) is 5.91 Å². The number of anilines is 1. The number of ether oxygens (including phenoxy) is 1. The smallest absolute Gasteiger partial charge is 0.340 e. The number of hydrogen-bond acceptors (Lipinski definition) is 3. The van der Waals surface area contributed by atoms with E-state index in [1.165, 1.54) is 19.2 Å². The Morgan fingerprint density at radius 3 is 2.72 bits per heavy atom. The maximum atomic E-state index is 13.8. The van der Waals surface area contributed by atoms with Crippen molar-refractivity contribution in [1.29, 1.82) is 0 Å². The fourth-order valence-electron chi connectivity index (χ4n) is 2.19. The minimum Gasteiger partial charge on any atom is -0.465 e. The Bertz CT molecular complexity index is 537. The van der Waals surface area contributed by atoms with Gasteiger partial charge in [-0.3, -0.25) is 4.79 Å². The van der Waals surface area contributed by atoms with E-state index in [9.17, 15) is 14.0 Å². The SMILES string of the molecule is COC(=O)c1cc2c(cc1F)C(C)(C)CC(=O)N2. The van der Waals surface area contributed by atoms with Crippen LogP contribution in [0.25, 0.3) is 0 Å². The second-order valence-corrected chi connectivity index (χ2v) is 4.98. The number of carbonyl (C=O) groups is 2. The van der Waals surface area contributed by atoms with Crippen molar-refractivity contribution in [1.82, 2.24) is 0 Å². The predicted molar refractivity (Wildman–Crippen MR) is 64.0 cm³/mol. The number of methoxy groups -OCH3 is 1. The molecule has 4 nitrogen and oxygen atoms in total. The summed E-state index contributed by atoms with van der Waals surface area (Å²) in [6.45, 7) is 3.73. The summed E-state index contributed by atoms with van der Waals surface area (Å²) in [7, 11) is 1.18. The summed E-state index contributed by atoms with van der Waals surface area (Å²) < 4.78 is 18.3. The number of amides is 1. The topological polar surface area (TPSA) is 55.4 Å². The molecule has 0 radical (unpaired) electrons. The summed E-state index contributed by atoms with van der Waals surface area (Å²) >= 11 is 0. The van der Waals surface area contributed by atoms with E-state index >= 15 is 0 Å². The molecule has 0 saturated carbocycles. The minimum atomic E-state index is -0.757. The highest BCUT2D eigenvalue weighted by molar-refractivity contribution is 5.98. The van der Waals surface area contributed by atoms with Crippen LogP contribution in [0.4, 0.5) is 10.1 Å². The molecule has 1 aliphatic rings. The lowest BCUT2D eigenvalue weighted by Crippen LogP contribution is -2.33. The highest BCUT2D eigenvalue weighted by Crippen LogP contribution is 2.38. The first-order valence-electron chi connectivity index (χ1n) is 5.57. The van der Waals surface area contributed by atoms with Crippen LogP contribution in [-0.4, -0.2) is 19.0 Å². The molecule has 1 N–H and O–H groups in total. The van der Waals surface area contributed by atoms with Crippen LogP contribution in [-0.2, 0) is 14.9 Å². The number of esters is 1. The molecule has 0 aromatic heterocycles. The molecule has 0 aliphatic carbocycles. The lowest BCUT2D eigenvalue weighted by atomic mass is 9.77. The standard InChI is InChI=1S/C13H14FNO3/c1-13(2)6-11(16)15-10-4-7(12(17)18-3)9(14)5-8(10)13/h4-5H,6H2,1-3H3,(H,15,16). The molecule has 0 fully saturated rings. The molecule has 0 unspecified atom stereocenters. The zero-order valence-corrected chi connectivity index (χ0v) is 10.5. The number of halogens is 1. The van der Waals surface area contributed by atoms with Gasteiger partial charge in [-0.25, -0.2) is 9.18 Å². The van der Waals surface area contributed by atoms with Crippen molar-refractivity contribution in [3.63, 3.8) is 0 Å². The van der Waals surface area contributed by atoms with E-state index in [0.717, 1.165) is 0 Å². The van der Waals surface area contributed by atoms with E-state index in [1.54, 1.807) is 0 Å². The first kappa shape index (κ1) is 12.5. The monoisotopic (exact) mass is 251 g/mol. The van der Waals surface area contributed by atoms with Crippen molar-refractivity contribution in [2.75, 3.05) is 12.4 Å². The third-order valence-electron chi connectivity index (χ3n) is 3.12. The number of fused-ring (bicyclic) bond motifs is 1. The fourth-order valence-corrected chi connectivity index (χ4v) is 2.19. The summed E-state index contributed by atoms with van der Waals surface area (Å²) in [5.41, 5.74) is 0.534. The van der Waals surface area contributed by atoms with Crippen LogP contribution in [0.1, 0.15) is 36.2 Å². The van der Waals surface area contributed by atoms with Gasteiger partial charge in [-0.05, 0) is 17.7 Å². The van der Waals surface area contributed by atoms with Gasteiger partial charge >= 0.3 is 5.97 Å². The molecule has 96 valence electrons. The van der Waals surface area contributed by atoms with Gasteiger partial charge in [0, 0.05) is 17.5 Å². The third-order valence-corrected chi connectivity index (χ3v) is 3.12. The van der Waals surface area contributed by atoms with Crippen LogP contribution in [0.2, 0.25) is 0 Å². The maximum absolute atomic E-state index is 13.8. The number of benzene rings is 1. The molecular weight excluding hydrogens is 237 g/mol. The molecule has 1 aliphatic heterocycles. The van der Waals surface area contributed by atoms with Crippen molar-refractivity contribution < 1.29 is 18.7 Å². The summed E-state index contributed by atoms with van der Waals surface area (Å²) in [5, 5.41) is 2.65. The normalized spacial score (nSPS) is 16.8. The van der Waals surface area contributed by atoms with Crippen LogP contribution in [0, 0.1) is 5.82 Å². The Morgan fingerprint density at radius 2 is 2.11 bits per heavy atom.